The fourth-order valence-electron chi connectivity index (χ4n) is 0.757. The van der Waals surface area contributed by atoms with Crippen LogP contribution in [0.4, 0.5) is 0 Å². The Morgan fingerprint density at radius 2 is 2.11 bits per heavy atom. The van der Waals surface area contributed by atoms with Crippen LogP contribution in [0.1, 0.15) is 0 Å². The summed E-state index contributed by atoms with van der Waals surface area (Å²) < 4.78 is 21.1. The standard InChI is InChI=1S/C5H10NO2S/c1-9(7,8)4-5-2-6-3-5/h4-6H,2-3H2,1H3. The lowest BCUT2D eigenvalue weighted by Gasteiger charge is -2.25. The maximum atomic E-state index is 10.6. The topological polar surface area (TPSA) is 46.2 Å². The molecular formula is C5H10NO2S. The number of hydrogen-bond acceptors (Lipinski definition) is 3. The third-order valence-electron chi connectivity index (χ3n) is 1.25. The van der Waals surface area contributed by atoms with Crippen LogP contribution in [0.5, 0.6) is 0 Å². The first kappa shape index (κ1) is 7.02. The lowest BCUT2D eigenvalue weighted by molar-refractivity contribution is 0.405. The Kier molecular flexibility index (Phi) is 1.77. The van der Waals surface area contributed by atoms with Crippen molar-refractivity contribution in [2.24, 2.45) is 5.92 Å². The Morgan fingerprint density at radius 1 is 1.56 bits per heavy atom. The molecule has 1 fully saturated rings. The molecule has 1 N–H and O–H groups in total. The molecule has 4 heteroatoms. The molecule has 1 heterocycles. The fourth-order valence-corrected chi connectivity index (χ4v) is 1.65. The number of sulfone groups is 1. The lowest BCUT2D eigenvalue weighted by Crippen LogP contribution is -2.43. The second-order valence-electron chi connectivity index (χ2n) is 2.38. The summed E-state index contributed by atoms with van der Waals surface area (Å²) in [6, 6.07) is 0. The molecule has 0 unspecified atom stereocenters. The normalized spacial score (nSPS) is 21.4. The van der Waals surface area contributed by atoms with Crippen molar-refractivity contribution in [3.05, 3.63) is 5.75 Å². The van der Waals surface area contributed by atoms with Crippen molar-refractivity contribution in [3.8, 4) is 0 Å². The number of nitrogens with one attached hydrogen (secondary N) is 1. The highest BCUT2D eigenvalue weighted by Gasteiger charge is 2.21. The number of rotatable bonds is 2. The van der Waals surface area contributed by atoms with Gasteiger partial charge in [0, 0.05) is 25.3 Å². The highest BCUT2D eigenvalue weighted by molar-refractivity contribution is 7.92. The van der Waals surface area contributed by atoms with Crippen molar-refractivity contribution in [3.63, 3.8) is 0 Å². The van der Waals surface area contributed by atoms with E-state index in [1.54, 1.807) is 0 Å². The van der Waals surface area contributed by atoms with Crippen LogP contribution < -0.4 is 5.32 Å². The van der Waals surface area contributed by atoms with Gasteiger partial charge in [-0.1, -0.05) is 0 Å². The van der Waals surface area contributed by atoms with E-state index in [0.717, 1.165) is 13.1 Å². The Balaban J connectivity index is 2.33. The molecule has 9 heavy (non-hydrogen) atoms. The molecule has 0 bridgehead atoms. The summed E-state index contributed by atoms with van der Waals surface area (Å²) in [6.07, 6.45) is 1.23. The van der Waals surface area contributed by atoms with Gasteiger partial charge in [-0.15, -0.1) is 0 Å². The van der Waals surface area contributed by atoms with E-state index in [2.05, 4.69) is 5.32 Å². The summed E-state index contributed by atoms with van der Waals surface area (Å²) in [7, 11) is -2.85. The van der Waals surface area contributed by atoms with Gasteiger partial charge in [0.15, 0.2) is 9.84 Å². The molecule has 0 aliphatic carbocycles. The third kappa shape index (κ3) is 2.32. The second-order valence-corrected chi connectivity index (χ2v) is 4.32. The molecule has 1 aliphatic rings. The van der Waals surface area contributed by atoms with Crippen LogP contribution >= 0.6 is 0 Å². The van der Waals surface area contributed by atoms with Crippen LogP contribution in [-0.2, 0) is 9.84 Å². The fraction of sp³-hybridized carbons (Fsp3) is 0.800. The Bertz CT molecular complexity index is 181. The molecule has 1 aliphatic heterocycles. The van der Waals surface area contributed by atoms with Crippen LogP contribution in [0.2, 0.25) is 0 Å². The molecule has 3 nitrogen and oxygen atoms in total. The van der Waals surface area contributed by atoms with Crippen molar-refractivity contribution < 1.29 is 8.42 Å². The lowest BCUT2D eigenvalue weighted by atomic mass is 10.1. The summed E-state index contributed by atoms with van der Waals surface area (Å²) in [5.74, 6) is 1.66. The molecule has 0 aromatic rings. The Hall–Kier alpha value is -0.0900. The van der Waals surface area contributed by atoms with E-state index in [0.29, 0.717) is 0 Å². The average Bonchev–Trinajstić information content (AvgIpc) is 1.53. The van der Waals surface area contributed by atoms with E-state index in [1.165, 1.54) is 12.0 Å². The van der Waals surface area contributed by atoms with E-state index in [-0.39, 0.29) is 5.92 Å². The first-order chi connectivity index (χ1) is 4.08. The van der Waals surface area contributed by atoms with Gasteiger partial charge in [0.2, 0.25) is 0 Å². The molecule has 0 amide bonds. The van der Waals surface area contributed by atoms with Gasteiger partial charge in [-0.05, 0) is 0 Å². The van der Waals surface area contributed by atoms with Crippen LogP contribution in [0.25, 0.3) is 0 Å². The van der Waals surface area contributed by atoms with E-state index in [9.17, 15) is 8.42 Å². The third-order valence-corrected chi connectivity index (χ3v) is 2.13. The largest absolute Gasteiger partial charge is 0.316 e. The summed E-state index contributed by atoms with van der Waals surface area (Å²) in [6.45, 7) is 1.63. The molecule has 1 radical (unpaired) electrons. The quantitative estimate of drug-likeness (QED) is 0.569. The minimum absolute atomic E-state index is 0.250. The van der Waals surface area contributed by atoms with Gasteiger partial charge in [-0.2, -0.15) is 0 Å². The molecule has 0 aromatic heterocycles. The van der Waals surface area contributed by atoms with Gasteiger partial charge in [-0.3, -0.25) is 0 Å². The summed E-state index contributed by atoms with van der Waals surface area (Å²) in [5.41, 5.74) is 0. The average molecular weight is 148 g/mol. The van der Waals surface area contributed by atoms with E-state index < -0.39 is 9.84 Å². The summed E-state index contributed by atoms with van der Waals surface area (Å²) >= 11 is 0. The van der Waals surface area contributed by atoms with Crippen LogP contribution in [0.15, 0.2) is 0 Å². The minimum atomic E-state index is -2.85. The van der Waals surface area contributed by atoms with E-state index in [1.807, 2.05) is 0 Å². The van der Waals surface area contributed by atoms with Crippen LogP contribution in [0.3, 0.4) is 0 Å². The maximum Gasteiger partial charge on any atom is 0.151 e. The van der Waals surface area contributed by atoms with Gasteiger partial charge in [0.1, 0.15) is 0 Å². The monoisotopic (exact) mass is 148 g/mol. The highest BCUT2D eigenvalue weighted by Crippen LogP contribution is 2.10. The smallest absolute Gasteiger partial charge is 0.151 e. The van der Waals surface area contributed by atoms with Gasteiger partial charge in [-0.25, -0.2) is 8.42 Å². The predicted octanol–water partition coefficient (Wildman–Crippen LogP) is -0.588. The predicted molar refractivity (Wildman–Crippen MR) is 35.5 cm³/mol. The zero-order valence-electron chi connectivity index (χ0n) is 5.29. The van der Waals surface area contributed by atoms with Crippen molar-refractivity contribution in [2.75, 3.05) is 19.3 Å². The molecular weight excluding hydrogens is 138 g/mol. The minimum Gasteiger partial charge on any atom is -0.316 e. The SMILES string of the molecule is CS(=O)(=O)[CH]C1CNC1. The molecule has 0 spiro atoms. The van der Waals surface area contributed by atoms with Crippen molar-refractivity contribution >= 4 is 9.84 Å². The van der Waals surface area contributed by atoms with Crippen LogP contribution in [-0.4, -0.2) is 27.8 Å². The van der Waals surface area contributed by atoms with Gasteiger partial charge in [0.25, 0.3) is 0 Å². The van der Waals surface area contributed by atoms with E-state index >= 15 is 0 Å². The first-order valence-corrected chi connectivity index (χ1v) is 4.79. The zero-order valence-corrected chi connectivity index (χ0v) is 6.11. The van der Waals surface area contributed by atoms with E-state index in [4.69, 9.17) is 0 Å². The molecule has 0 saturated carbocycles. The van der Waals surface area contributed by atoms with Crippen molar-refractivity contribution in [1.82, 2.24) is 5.32 Å². The first-order valence-electron chi connectivity index (χ1n) is 2.83. The highest BCUT2D eigenvalue weighted by atomic mass is 32.2. The van der Waals surface area contributed by atoms with Gasteiger partial charge in [0.05, 0.1) is 5.75 Å². The number of hydrogen-bond donors (Lipinski definition) is 1. The van der Waals surface area contributed by atoms with Crippen LogP contribution in [0, 0.1) is 11.7 Å². The summed E-state index contributed by atoms with van der Waals surface area (Å²) in [5, 5.41) is 2.99. The van der Waals surface area contributed by atoms with Gasteiger partial charge >= 0.3 is 0 Å². The maximum absolute atomic E-state index is 10.6. The van der Waals surface area contributed by atoms with Crippen molar-refractivity contribution in [1.29, 1.82) is 0 Å². The van der Waals surface area contributed by atoms with Crippen molar-refractivity contribution in [2.45, 2.75) is 0 Å². The zero-order chi connectivity index (χ0) is 6.91. The van der Waals surface area contributed by atoms with Gasteiger partial charge < -0.3 is 5.32 Å². The molecule has 0 aromatic carbocycles. The summed E-state index contributed by atoms with van der Waals surface area (Å²) in [4.78, 5) is 0. The molecule has 53 valence electrons. The Labute approximate surface area is 55.4 Å². The second kappa shape index (κ2) is 2.27. The molecule has 0 atom stereocenters. The molecule has 1 saturated heterocycles. The molecule has 1 rings (SSSR count). The Morgan fingerprint density at radius 3 is 2.22 bits per heavy atom.